The Hall–Kier alpha value is -0.0800. The first-order valence-electron chi connectivity index (χ1n) is 13.3. The first-order chi connectivity index (χ1) is 13.9. The third-order valence-electron chi connectivity index (χ3n) is 12.1. The van der Waals surface area contributed by atoms with Crippen molar-refractivity contribution in [3.8, 4) is 0 Å². The summed E-state index contributed by atoms with van der Waals surface area (Å²) in [6.07, 6.45) is 16.5. The monoisotopic (exact) mass is 399 g/mol. The van der Waals surface area contributed by atoms with Crippen LogP contribution in [0.1, 0.15) is 98.3 Å². The van der Waals surface area contributed by atoms with Crippen molar-refractivity contribution >= 4 is 0 Å². The summed E-state index contributed by atoms with van der Waals surface area (Å²) in [5.74, 6) is 6.23. The maximum atomic E-state index is 7.03. The van der Waals surface area contributed by atoms with Crippen molar-refractivity contribution in [3.63, 3.8) is 0 Å². The van der Waals surface area contributed by atoms with Crippen LogP contribution >= 0.6 is 0 Å². The standard InChI is InChI=1S/C27H45NO/c1-17-10-14-27(28-16-17)18(2)24-23(29-27)15-22-20-9-8-19-7-5-6-12-25(19,3)21(20)11-13-26(22,24)4/h17-24,28H,5-16H2,1-4H3/t17-,18-,19-,20-,21+,22+,23+,24+,25+,26+,27-/m1/s1. The average molecular weight is 400 g/mol. The Bertz CT molecular complexity index is 653. The average Bonchev–Trinajstić information content (AvgIpc) is 3.15. The van der Waals surface area contributed by atoms with Gasteiger partial charge in [0, 0.05) is 12.5 Å². The minimum absolute atomic E-state index is 0.000316. The van der Waals surface area contributed by atoms with Crippen LogP contribution in [0.4, 0.5) is 0 Å². The molecule has 0 amide bonds. The number of piperidine rings is 1. The summed E-state index contributed by atoms with van der Waals surface area (Å²) >= 11 is 0. The lowest BCUT2D eigenvalue weighted by molar-refractivity contribution is -0.132. The van der Waals surface area contributed by atoms with Crippen molar-refractivity contribution in [2.75, 3.05) is 6.54 Å². The van der Waals surface area contributed by atoms with Gasteiger partial charge in [-0.05, 0) is 104 Å². The number of fused-ring (bicyclic) bond motifs is 7. The lowest BCUT2D eigenvalue weighted by Gasteiger charge is -2.61. The Morgan fingerprint density at radius 3 is 2.48 bits per heavy atom. The van der Waals surface area contributed by atoms with Gasteiger partial charge in [0.2, 0.25) is 0 Å². The van der Waals surface area contributed by atoms with Crippen LogP contribution in [-0.2, 0) is 4.74 Å². The summed E-state index contributed by atoms with van der Waals surface area (Å²) < 4.78 is 7.03. The smallest absolute Gasteiger partial charge is 0.122 e. The molecule has 2 heterocycles. The molecule has 0 aromatic rings. The van der Waals surface area contributed by atoms with E-state index in [0.29, 0.717) is 22.9 Å². The van der Waals surface area contributed by atoms with Crippen LogP contribution in [0.3, 0.4) is 0 Å². The second-order valence-corrected chi connectivity index (χ2v) is 13.1. The molecule has 2 heteroatoms. The van der Waals surface area contributed by atoms with Crippen LogP contribution in [0, 0.1) is 52.3 Å². The van der Waals surface area contributed by atoms with Crippen molar-refractivity contribution in [2.24, 2.45) is 52.3 Å². The van der Waals surface area contributed by atoms with Crippen molar-refractivity contribution in [3.05, 3.63) is 0 Å². The molecule has 2 nitrogen and oxygen atoms in total. The highest BCUT2D eigenvalue weighted by Crippen LogP contribution is 2.71. The fourth-order valence-electron chi connectivity index (χ4n) is 10.5. The summed E-state index contributed by atoms with van der Waals surface area (Å²) in [5.41, 5.74) is 1.19. The number of ether oxygens (including phenoxy) is 1. The largest absolute Gasteiger partial charge is 0.357 e. The molecule has 6 aliphatic rings. The molecule has 2 aliphatic heterocycles. The van der Waals surface area contributed by atoms with E-state index in [1.165, 1.54) is 70.6 Å². The highest BCUT2D eigenvalue weighted by molar-refractivity contribution is 5.16. The van der Waals surface area contributed by atoms with Crippen molar-refractivity contribution in [1.82, 2.24) is 5.32 Å². The van der Waals surface area contributed by atoms with Crippen LogP contribution in [-0.4, -0.2) is 18.4 Å². The zero-order chi connectivity index (χ0) is 20.0. The van der Waals surface area contributed by atoms with E-state index in [1.807, 2.05) is 0 Å². The van der Waals surface area contributed by atoms with E-state index in [1.54, 1.807) is 0 Å². The zero-order valence-electron chi connectivity index (χ0n) is 19.5. The van der Waals surface area contributed by atoms with Gasteiger partial charge in [-0.2, -0.15) is 0 Å². The van der Waals surface area contributed by atoms with Crippen molar-refractivity contribution in [2.45, 2.75) is 110 Å². The van der Waals surface area contributed by atoms with Crippen LogP contribution < -0.4 is 5.32 Å². The molecule has 0 unspecified atom stereocenters. The molecule has 29 heavy (non-hydrogen) atoms. The van der Waals surface area contributed by atoms with Gasteiger partial charge in [-0.15, -0.1) is 0 Å². The predicted octanol–water partition coefficient (Wildman–Crippen LogP) is 6.40. The molecule has 4 saturated carbocycles. The molecule has 0 aromatic carbocycles. The van der Waals surface area contributed by atoms with Gasteiger partial charge in [-0.25, -0.2) is 0 Å². The zero-order valence-corrected chi connectivity index (χ0v) is 19.5. The van der Waals surface area contributed by atoms with Gasteiger partial charge in [0.1, 0.15) is 5.72 Å². The maximum Gasteiger partial charge on any atom is 0.122 e. The molecule has 0 radical (unpaired) electrons. The summed E-state index contributed by atoms with van der Waals surface area (Å²) in [4.78, 5) is 0. The number of rotatable bonds is 0. The van der Waals surface area contributed by atoms with Gasteiger partial charge >= 0.3 is 0 Å². The van der Waals surface area contributed by atoms with Crippen molar-refractivity contribution < 1.29 is 4.74 Å². The van der Waals surface area contributed by atoms with Crippen LogP contribution in [0.5, 0.6) is 0 Å². The van der Waals surface area contributed by atoms with Gasteiger partial charge in [-0.3, -0.25) is 5.32 Å². The van der Waals surface area contributed by atoms with E-state index in [9.17, 15) is 0 Å². The van der Waals surface area contributed by atoms with Crippen LogP contribution in [0.25, 0.3) is 0 Å². The molecule has 4 aliphatic carbocycles. The Morgan fingerprint density at radius 2 is 1.69 bits per heavy atom. The molecular weight excluding hydrogens is 354 g/mol. The fraction of sp³-hybridized carbons (Fsp3) is 1.00. The minimum atomic E-state index is -0.000316. The fourth-order valence-corrected chi connectivity index (χ4v) is 10.5. The van der Waals surface area contributed by atoms with Gasteiger partial charge in [0.05, 0.1) is 6.10 Å². The normalized spacial score (nSPS) is 61.7. The Kier molecular flexibility index (Phi) is 4.37. The van der Waals surface area contributed by atoms with E-state index in [2.05, 4.69) is 33.0 Å². The van der Waals surface area contributed by atoms with E-state index >= 15 is 0 Å². The topological polar surface area (TPSA) is 21.3 Å². The Morgan fingerprint density at radius 1 is 0.828 bits per heavy atom. The van der Waals surface area contributed by atoms with Gasteiger partial charge < -0.3 is 4.74 Å². The first kappa shape index (κ1) is 19.6. The summed E-state index contributed by atoms with van der Waals surface area (Å²) in [6.45, 7) is 11.5. The molecular formula is C27H45NO. The summed E-state index contributed by atoms with van der Waals surface area (Å²) in [7, 11) is 0. The summed E-state index contributed by atoms with van der Waals surface area (Å²) in [6, 6.07) is 0. The molecule has 1 N–H and O–H groups in total. The lowest BCUT2D eigenvalue weighted by Crippen LogP contribution is -2.57. The number of hydrogen-bond donors (Lipinski definition) is 1. The lowest BCUT2D eigenvalue weighted by atomic mass is 9.44. The van der Waals surface area contributed by atoms with Crippen LogP contribution in [0.15, 0.2) is 0 Å². The molecule has 11 atom stereocenters. The van der Waals surface area contributed by atoms with Gasteiger partial charge in [-0.1, -0.05) is 40.5 Å². The van der Waals surface area contributed by atoms with Gasteiger partial charge in [0.25, 0.3) is 0 Å². The third kappa shape index (κ3) is 2.54. The minimum Gasteiger partial charge on any atom is -0.357 e. The quantitative estimate of drug-likeness (QED) is 0.509. The van der Waals surface area contributed by atoms with E-state index in [0.717, 1.165) is 42.1 Å². The first-order valence-corrected chi connectivity index (χ1v) is 13.3. The molecule has 0 bridgehead atoms. The number of nitrogens with one attached hydrogen (secondary N) is 1. The Balaban J connectivity index is 1.27. The van der Waals surface area contributed by atoms with E-state index in [-0.39, 0.29) is 5.72 Å². The second-order valence-electron chi connectivity index (χ2n) is 13.1. The molecule has 0 aromatic heterocycles. The molecule has 6 fully saturated rings. The molecule has 164 valence electrons. The predicted molar refractivity (Wildman–Crippen MR) is 118 cm³/mol. The van der Waals surface area contributed by atoms with E-state index in [4.69, 9.17) is 4.74 Å². The maximum absolute atomic E-state index is 7.03. The van der Waals surface area contributed by atoms with E-state index < -0.39 is 0 Å². The molecule has 6 rings (SSSR count). The second kappa shape index (κ2) is 6.47. The van der Waals surface area contributed by atoms with Gasteiger partial charge in [0.15, 0.2) is 0 Å². The highest BCUT2D eigenvalue weighted by atomic mass is 16.5. The highest BCUT2D eigenvalue weighted by Gasteiger charge is 2.68. The SMILES string of the molecule is C[C@@H]1CC[C@@]2(NC1)O[C@H]1C[C@H]3[C@@H]4CC[C@H]5CCCC[C@]5(C)[C@H]4CC[C@]3(C)[C@H]1[C@H]2C. The molecule has 2 saturated heterocycles. The molecule has 1 spiro atoms. The van der Waals surface area contributed by atoms with Crippen molar-refractivity contribution in [1.29, 1.82) is 0 Å². The Labute approximate surface area is 179 Å². The number of hydrogen-bond acceptors (Lipinski definition) is 2. The summed E-state index contributed by atoms with van der Waals surface area (Å²) in [5, 5.41) is 3.91. The van der Waals surface area contributed by atoms with Crippen LogP contribution in [0.2, 0.25) is 0 Å². The third-order valence-corrected chi connectivity index (χ3v) is 12.1.